The highest BCUT2D eigenvalue weighted by Crippen LogP contribution is 2.21. The number of hydrogen-bond acceptors (Lipinski definition) is 3. The SMILES string of the molecule is NCc1ccccc1-n1ncc2c1CNC2. The lowest BCUT2D eigenvalue weighted by atomic mass is 10.1. The van der Waals surface area contributed by atoms with Crippen molar-refractivity contribution >= 4 is 0 Å². The average molecular weight is 214 g/mol. The van der Waals surface area contributed by atoms with E-state index in [0.29, 0.717) is 6.54 Å². The minimum Gasteiger partial charge on any atom is -0.326 e. The Hall–Kier alpha value is -1.65. The third-order valence-corrected chi connectivity index (χ3v) is 3.00. The van der Waals surface area contributed by atoms with Crippen LogP contribution < -0.4 is 11.1 Å². The molecule has 4 nitrogen and oxygen atoms in total. The molecule has 2 heterocycles. The summed E-state index contributed by atoms with van der Waals surface area (Å²) in [4.78, 5) is 0. The molecule has 0 aliphatic carbocycles. The van der Waals surface area contributed by atoms with Crippen molar-refractivity contribution in [2.24, 2.45) is 5.73 Å². The first kappa shape index (κ1) is 9.57. The smallest absolute Gasteiger partial charge is 0.0694 e. The molecular weight excluding hydrogens is 200 g/mol. The molecule has 0 amide bonds. The molecule has 2 aromatic rings. The minimum absolute atomic E-state index is 0.540. The highest BCUT2D eigenvalue weighted by molar-refractivity contribution is 5.43. The van der Waals surface area contributed by atoms with Crippen molar-refractivity contribution in [1.82, 2.24) is 15.1 Å². The van der Waals surface area contributed by atoms with Crippen molar-refractivity contribution in [2.45, 2.75) is 19.6 Å². The van der Waals surface area contributed by atoms with Crippen LogP contribution in [-0.4, -0.2) is 9.78 Å². The van der Waals surface area contributed by atoms with Gasteiger partial charge in [-0.05, 0) is 11.6 Å². The van der Waals surface area contributed by atoms with Crippen molar-refractivity contribution in [3.63, 3.8) is 0 Å². The molecule has 0 radical (unpaired) electrons. The summed E-state index contributed by atoms with van der Waals surface area (Å²) in [6.07, 6.45) is 1.93. The first-order valence-corrected chi connectivity index (χ1v) is 5.45. The summed E-state index contributed by atoms with van der Waals surface area (Å²) >= 11 is 0. The van der Waals surface area contributed by atoms with E-state index in [1.807, 2.05) is 29.1 Å². The van der Waals surface area contributed by atoms with Gasteiger partial charge in [-0.2, -0.15) is 5.10 Å². The average Bonchev–Trinajstić information content (AvgIpc) is 2.91. The number of fused-ring (bicyclic) bond motifs is 1. The second-order valence-corrected chi connectivity index (χ2v) is 3.96. The molecule has 0 atom stereocenters. The summed E-state index contributed by atoms with van der Waals surface area (Å²) in [5.41, 5.74) is 10.5. The second kappa shape index (κ2) is 3.73. The fourth-order valence-corrected chi connectivity index (χ4v) is 2.16. The van der Waals surface area contributed by atoms with E-state index in [2.05, 4.69) is 16.5 Å². The van der Waals surface area contributed by atoms with E-state index in [9.17, 15) is 0 Å². The molecule has 0 bridgehead atoms. The molecule has 0 unspecified atom stereocenters. The molecule has 0 fully saturated rings. The van der Waals surface area contributed by atoms with Gasteiger partial charge in [0.2, 0.25) is 0 Å². The molecule has 0 saturated carbocycles. The summed E-state index contributed by atoms with van der Waals surface area (Å²) < 4.78 is 2.00. The Balaban J connectivity index is 2.15. The topological polar surface area (TPSA) is 55.9 Å². The van der Waals surface area contributed by atoms with Gasteiger partial charge in [0, 0.05) is 25.2 Å². The van der Waals surface area contributed by atoms with Crippen molar-refractivity contribution in [1.29, 1.82) is 0 Å². The van der Waals surface area contributed by atoms with Gasteiger partial charge in [-0.25, -0.2) is 4.68 Å². The largest absolute Gasteiger partial charge is 0.326 e. The lowest BCUT2D eigenvalue weighted by molar-refractivity contribution is 0.708. The van der Waals surface area contributed by atoms with Crippen LogP contribution in [0.5, 0.6) is 0 Å². The monoisotopic (exact) mass is 214 g/mol. The summed E-state index contributed by atoms with van der Waals surface area (Å²) in [5.74, 6) is 0. The van der Waals surface area contributed by atoms with Crippen LogP contribution in [0.3, 0.4) is 0 Å². The maximum absolute atomic E-state index is 5.75. The van der Waals surface area contributed by atoms with Gasteiger partial charge in [-0.15, -0.1) is 0 Å². The van der Waals surface area contributed by atoms with Crippen molar-refractivity contribution in [3.8, 4) is 5.69 Å². The molecular formula is C12H14N4. The Morgan fingerprint density at radius 1 is 1.31 bits per heavy atom. The zero-order chi connectivity index (χ0) is 11.0. The molecule has 1 aliphatic rings. The van der Waals surface area contributed by atoms with Gasteiger partial charge in [-0.3, -0.25) is 0 Å². The molecule has 82 valence electrons. The van der Waals surface area contributed by atoms with Gasteiger partial charge in [-0.1, -0.05) is 18.2 Å². The third-order valence-electron chi connectivity index (χ3n) is 3.00. The highest BCUT2D eigenvalue weighted by Gasteiger charge is 2.17. The van der Waals surface area contributed by atoms with Crippen molar-refractivity contribution in [2.75, 3.05) is 0 Å². The number of nitrogens with one attached hydrogen (secondary N) is 1. The van der Waals surface area contributed by atoms with Gasteiger partial charge in [0.1, 0.15) is 0 Å². The zero-order valence-corrected chi connectivity index (χ0v) is 8.98. The number of rotatable bonds is 2. The molecule has 1 aliphatic heterocycles. The van der Waals surface area contributed by atoms with E-state index in [1.54, 1.807) is 0 Å². The van der Waals surface area contributed by atoms with Crippen LogP contribution in [0.2, 0.25) is 0 Å². The van der Waals surface area contributed by atoms with Gasteiger partial charge in [0.25, 0.3) is 0 Å². The second-order valence-electron chi connectivity index (χ2n) is 3.96. The maximum Gasteiger partial charge on any atom is 0.0694 e. The summed E-state index contributed by atoms with van der Waals surface area (Å²) in [7, 11) is 0. The standard InChI is InChI=1S/C12H14N4/c13-5-9-3-1-2-4-11(9)16-12-8-14-6-10(12)7-15-16/h1-4,7,14H,5-6,8,13H2. The van der Waals surface area contributed by atoms with Gasteiger partial charge >= 0.3 is 0 Å². The van der Waals surface area contributed by atoms with E-state index in [0.717, 1.165) is 24.3 Å². The fraction of sp³-hybridized carbons (Fsp3) is 0.250. The highest BCUT2D eigenvalue weighted by atomic mass is 15.3. The molecule has 1 aromatic carbocycles. The summed E-state index contributed by atoms with van der Waals surface area (Å²) in [6, 6.07) is 8.14. The maximum atomic E-state index is 5.75. The predicted octanol–water partition coefficient (Wildman–Crippen LogP) is 0.934. The molecule has 3 rings (SSSR count). The number of aromatic nitrogens is 2. The van der Waals surface area contributed by atoms with Crippen LogP contribution in [0.15, 0.2) is 30.5 Å². The van der Waals surface area contributed by atoms with Gasteiger partial charge in [0.05, 0.1) is 17.6 Å². The normalized spacial score (nSPS) is 14.1. The zero-order valence-electron chi connectivity index (χ0n) is 8.98. The number of benzene rings is 1. The number of para-hydroxylation sites is 1. The molecule has 3 N–H and O–H groups in total. The quantitative estimate of drug-likeness (QED) is 0.782. The van der Waals surface area contributed by atoms with Crippen LogP contribution in [-0.2, 0) is 19.6 Å². The van der Waals surface area contributed by atoms with E-state index < -0.39 is 0 Å². The van der Waals surface area contributed by atoms with Crippen LogP contribution in [0, 0.1) is 0 Å². The summed E-state index contributed by atoms with van der Waals surface area (Å²) in [5, 5.41) is 7.76. The van der Waals surface area contributed by atoms with E-state index in [4.69, 9.17) is 5.73 Å². The van der Waals surface area contributed by atoms with Crippen LogP contribution in [0.1, 0.15) is 16.8 Å². The molecule has 0 spiro atoms. The number of nitrogens with zero attached hydrogens (tertiary/aromatic N) is 2. The Morgan fingerprint density at radius 2 is 2.19 bits per heavy atom. The predicted molar refractivity (Wildman–Crippen MR) is 62.0 cm³/mol. The van der Waals surface area contributed by atoms with E-state index in [1.165, 1.54) is 11.3 Å². The van der Waals surface area contributed by atoms with Crippen LogP contribution >= 0.6 is 0 Å². The number of nitrogens with two attached hydrogens (primary N) is 1. The molecule has 16 heavy (non-hydrogen) atoms. The van der Waals surface area contributed by atoms with Gasteiger partial charge < -0.3 is 11.1 Å². The Labute approximate surface area is 94.1 Å². The van der Waals surface area contributed by atoms with Crippen molar-refractivity contribution < 1.29 is 0 Å². The molecule has 4 heteroatoms. The van der Waals surface area contributed by atoms with Crippen molar-refractivity contribution in [3.05, 3.63) is 47.3 Å². The summed E-state index contributed by atoms with van der Waals surface area (Å²) in [6.45, 7) is 2.34. The Morgan fingerprint density at radius 3 is 3.06 bits per heavy atom. The number of hydrogen-bond donors (Lipinski definition) is 2. The Kier molecular flexibility index (Phi) is 2.23. The van der Waals surface area contributed by atoms with E-state index in [-0.39, 0.29) is 0 Å². The fourth-order valence-electron chi connectivity index (χ4n) is 2.16. The van der Waals surface area contributed by atoms with Crippen LogP contribution in [0.25, 0.3) is 5.69 Å². The van der Waals surface area contributed by atoms with E-state index >= 15 is 0 Å². The first-order valence-electron chi connectivity index (χ1n) is 5.45. The van der Waals surface area contributed by atoms with Gasteiger partial charge in [0.15, 0.2) is 0 Å². The molecule has 0 saturated heterocycles. The molecule has 1 aromatic heterocycles. The first-order chi connectivity index (χ1) is 7.90. The third kappa shape index (κ3) is 1.35. The minimum atomic E-state index is 0.540. The lowest BCUT2D eigenvalue weighted by Crippen LogP contribution is -2.10. The Bertz CT molecular complexity index is 515. The lowest BCUT2D eigenvalue weighted by Gasteiger charge is -2.09. The van der Waals surface area contributed by atoms with Crippen LogP contribution in [0.4, 0.5) is 0 Å².